The lowest BCUT2D eigenvalue weighted by Gasteiger charge is -2.29. The molecule has 0 amide bonds. The third-order valence-corrected chi connectivity index (χ3v) is 5.02. The normalized spacial score (nSPS) is 20.0. The van der Waals surface area contributed by atoms with Gasteiger partial charge >= 0.3 is 0 Å². The molecule has 5 heteroatoms. The molecular weight excluding hydrogens is 341 g/mol. The summed E-state index contributed by atoms with van der Waals surface area (Å²) in [5.41, 5.74) is 0.916. The van der Waals surface area contributed by atoms with Crippen LogP contribution in [-0.2, 0) is 0 Å². The molecule has 26 heavy (non-hydrogen) atoms. The van der Waals surface area contributed by atoms with Crippen molar-refractivity contribution in [3.05, 3.63) is 71.6 Å². The molecule has 3 rings (SSSR count). The molecule has 138 valence electrons. The lowest BCUT2D eigenvalue weighted by atomic mass is 9.76. The van der Waals surface area contributed by atoms with Crippen molar-refractivity contribution < 1.29 is 23.0 Å². The van der Waals surface area contributed by atoms with Crippen LogP contribution in [0.1, 0.15) is 48.6 Å². The average Bonchev–Trinajstić information content (AvgIpc) is 2.63. The lowest BCUT2D eigenvalue weighted by molar-refractivity contribution is 0.327. The summed E-state index contributed by atoms with van der Waals surface area (Å²) in [5, 5.41) is 9.33. The average molecular weight is 362 g/mol. The van der Waals surface area contributed by atoms with Crippen molar-refractivity contribution in [3.63, 3.8) is 0 Å². The molecule has 1 aliphatic rings. The highest BCUT2D eigenvalue weighted by Gasteiger charge is 2.28. The van der Waals surface area contributed by atoms with Crippen molar-refractivity contribution >= 4 is 0 Å². The van der Waals surface area contributed by atoms with Crippen LogP contribution in [0.4, 0.5) is 13.2 Å². The van der Waals surface area contributed by atoms with E-state index in [9.17, 15) is 18.3 Å². The van der Waals surface area contributed by atoms with Crippen LogP contribution in [0.25, 0.3) is 0 Å². The summed E-state index contributed by atoms with van der Waals surface area (Å²) in [6.07, 6.45) is 4.13. The van der Waals surface area contributed by atoms with Gasteiger partial charge < -0.3 is 9.84 Å². The summed E-state index contributed by atoms with van der Waals surface area (Å²) in [7, 11) is 0. The number of ether oxygens (including phenoxy) is 1. The first kappa shape index (κ1) is 18.4. The van der Waals surface area contributed by atoms with E-state index in [0.717, 1.165) is 6.07 Å². The minimum Gasteiger partial charge on any atom is -0.508 e. The molecular formula is C21H21F3O2. The van der Waals surface area contributed by atoms with Crippen molar-refractivity contribution in [1.29, 1.82) is 0 Å². The van der Waals surface area contributed by atoms with E-state index in [1.807, 2.05) is 0 Å². The van der Waals surface area contributed by atoms with Gasteiger partial charge in [0.2, 0.25) is 5.82 Å². The van der Waals surface area contributed by atoms with Crippen LogP contribution >= 0.6 is 0 Å². The van der Waals surface area contributed by atoms with Crippen molar-refractivity contribution in [2.24, 2.45) is 0 Å². The van der Waals surface area contributed by atoms with Crippen LogP contribution in [0.2, 0.25) is 0 Å². The maximum atomic E-state index is 14.4. The third kappa shape index (κ3) is 3.71. The van der Waals surface area contributed by atoms with Crippen molar-refractivity contribution in [3.8, 4) is 11.5 Å². The number of halogens is 3. The van der Waals surface area contributed by atoms with Crippen LogP contribution in [0.15, 0.2) is 43.0 Å². The summed E-state index contributed by atoms with van der Waals surface area (Å²) < 4.78 is 47.7. The number of rotatable bonds is 5. The van der Waals surface area contributed by atoms with Gasteiger partial charge in [0, 0.05) is 6.07 Å². The van der Waals surface area contributed by atoms with Gasteiger partial charge in [-0.3, -0.25) is 0 Å². The van der Waals surface area contributed by atoms with Crippen LogP contribution < -0.4 is 4.74 Å². The van der Waals surface area contributed by atoms with E-state index in [0.29, 0.717) is 36.8 Å². The highest BCUT2D eigenvalue weighted by molar-refractivity contribution is 5.34. The van der Waals surface area contributed by atoms with Gasteiger partial charge in [0.15, 0.2) is 11.6 Å². The molecule has 0 aliphatic heterocycles. The Morgan fingerprint density at radius 2 is 1.58 bits per heavy atom. The zero-order valence-corrected chi connectivity index (χ0v) is 14.4. The molecule has 0 saturated heterocycles. The van der Waals surface area contributed by atoms with E-state index in [1.165, 1.54) is 18.2 Å². The monoisotopic (exact) mass is 362 g/mol. The fourth-order valence-electron chi connectivity index (χ4n) is 3.68. The first-order valence-electron chi connectivity index (χ1n) is 8.71. The van der Waals surface area contributed by atoms with E-state index in [2.05, 4.69) is 6.58 Å². The van der Waals surface area contributed by atoms with Gasteiger partial charge in [0.25, 0.3) is 0 Å². The Morgan fingerprint density at radius 1 is 0.962 bits per heavy atom. The number of aromatic hydroxyl groups is 1. The lowest BCUT2D eigenvalue weighted by Crippen LogP contribution is -2.15. The summed E-state index contributed by atoms with van der Waals surface area (Å²) in [5.74, 6) is -2.57. The molecule has 2 aromatic rings. The zero-order chi connectivity index (χ0) is 18.7. The second-order valence-electron chi connectivity index (χ2n) is 6.63. The van der Waals surface area contributed by atoms with Gasteiger partial charge in [0.05, 0.1) is 0 Å². The van der Waals surface area contributed by atoms with Gasteiger partial charge in [-0.2, -0.15) is 4.39 Å². The molecule has 1 aliphatic carbocycles. The Bertz CT molecular complexity index is 796. The van der Waals surface area contributed by atoms with Gasteiger partial charge in [-0.1, -0.05) is 24.8 Å². The quantitative estimate of drug-likeness (QED) is 0.680. The van der Waals surface area contributed by atoms with Crippen LogP contribution in [-0.4, -0.2) is 11.7 Å². The third-order valence-electron chi connectivity index (χ3n) is 5.02. The fraction of sp³-hybridized carbons (Fsp3) is 0.333. The maximum absolute atomic E-state index is 14.4. The first-order valence-corrected chi connectivity index (χ1v) is 8.71. The number of hydrogen-bond donors (Lipinski definition) is 1. The SMILES string of the molecule is C=CCOc1ccc(C2CCC(c3ccc(O)cc3F)CC2)c(F)c1F. The molecule has 0 bridgehead atoms. The predicted molar refractivity (Wildman–Crippen MR) is 94.1 cm³/mol. The Hall–Kier alpha value is -2.43. The van der Waals surface area contributed by atoms with Crippen molar-refractivity contribution in [2.75, 3.05) is 6.61 Å². The van der Waals surface area contributed by atoms with Crippen LogP contribution in [0, 0.1) is 17.5 Å². The Morgan fingerprint density at radius 3 is 2.19 bits per heavy atom. The van der Waals surface area contributed by atoms with E-state index in [1.54, 1.807) is 12.1 Å². The summed E-state index contributed by atoms with van der Waals surface area (Å²) in [4.78, 5) is 0. The Labute approximate surface area is 150 Å². The molecule has 0 aromatic heterocycles. The molecule has 0 spiro atoms. The van der Waals surface area contributed by atoms with E-state index in [4.69, 9.17) is 4.74 Å². The first-order chi connectivity index (χ1) is 12.5. The van der Waals surface area contributed by atoms with Gasteiger partial charge in [0.1, 0.15) is 18.2 Å². The Kier molecular flexibility index (Phi) is 5.55. The topological polar surface area (TPSA) is 29.5 Å². The molecule has 0 radical (unpaired) electrons. The summed E-state index contributed by atoms with van der Waals surface area (Å²) in [6.45, 7) is 3.59. The number of phenols is 1. The van der Waals surface area contributed by atoms with E-state index in [-0.39, 0.29) is 29.9 Å². The fourth-order valence-corrected chi connectivity index (χ4v) is 3.68. The van der Waals surface area contributed by atoms with Gasteiger partial charge in [-0.05, 0) is 60.8 Å². The second kappa shape index (κ2) is 7.85. The van der Waals surface area contributed by atoms with E-state index < -0.39 is 17.5 Å². The molecule has 1 N–H and O–H groups in total. The zero-order valence-electron chi connectivity index (χ0n) is 14.4. The minimum atomic E-state index is -0.976. The highest BCUT2D eigenvalue weighted by atomic mass is 19.2. The highest BCUT2D eigenvalue weighted by Crippen LogP contribution is 2.43. The number of benzene rings is 2. The molecule has 1 fully saturated rings. The largest absolute Gasteiger partial charge is 0.508 e. The standard InChI is InChI=1S/C21H21F3O2/c1-2-11-26-19-10-9-17(20(23)21(19)24)14-5-3-13(4-6-14)16-8-7-15(25)12-18(16)22/h2,7-10,12-14,25H,1,3-6,11H2. The molecule has 2 aromatic carbocycles. The molecule has 0 atom stereocenters. The second-order valence-corrected chi connectivity index (χ2v) is 6.63. The summed E-state index contributed by atoms with van der Waals surface area (Å²) >= 11 is 0. The van der Waals surface area contributed by atoms with Crippen molar-refractivity contribution in [2.45, 2.75) is 37.5 Å². The van der Waals surface area contributed by atoms with Crippen LogP contribution in [0.5, 0.6) is 11.5 Å². The smallest absolute Gasteiger partial charge is 0.200 e. The molecule has 1 saturated carbocycles. The van der Waals surface area contributed by atoms with Crippen LogP contribution in [0.3, 0.4) is 0 Å². The summed E-state index contributed by atoms with van der Waals surface area (Å²) in [6, 6.07) is 7.20. The number of phenolic OH excluding ortho intramolecular Hbond substituents is 1. The molecule has 0 unspecified atom stereocenters. The Balaban J connectivity index is 1.71. The maximum Gasteiger partial charge on any atom is 0.200 e. The number of hydrogen-bond acceptors (Lipinski definition) is 2. The predicted octanol–water partition coefficient (Wildman–Crippen LogP) is 5.82. The minimum absolute atomic E-state index is 0.0231. The molecule has 2 nitrogen and oxygen atoms in total. The molecule has 0 heterocycles. The van der Waals surface area contributed by atoms with Crippen molar-refractivity contribution in [1.82, 2.24) is 0 Å². The van der Waals surface area contributed by atoms with E-state index >= 15 is 0 Å². The van der Waals surface area contributed by atoms with Gasteiger partial charge in [-0.25, -0.2) is 8.78 Å². The van der Waals surface area contributed by atoms with Gasteiger partial charge in [-0.15, -0.1) is 0 Å².